The highest BCUT2D eigenvalue weighted by atomic mass is 32.1. The van der Waals surface area contributed by atoms with E-state index in [0.29, 0.717) is 6.42 Å². The Bertz CT molecular complexity index is 1400. The molecule has 0 saturated heterocycles. The number of rotatable bonds is 7. The molecule has 2 heterocycles. The molecule has 5 heteroatoms. The van der Waals surface area contributed by atoms with Gasteiger partial charge < -0.3 is 9.84 Å². The van der Waals surface area contributed by atoms with Crippen molar-refractivity contribution in [3.8, 4) is 32.5 Å². The lowest BCUT2D eigenvalue weighted by atomic mass is 10.0. The number of aliphatic hydroxyl groups excluding tert-OH is 1. The Morgan fingerprint density at radius 3 is 2.50 bits per heavy atom. The molecule has 0 bridgehead atoms. The smallest absolute Gasteiger partial charge is 0.136 e. The van der Waals surface area contributed by atoms with Gasteiger partial charge in [-0.1, -0.05) is 54.6 Å². The second-order valence-corrected chi connectivity index (χ2v) is 9.11. The largest absolute Gasteiger partial charge is 0.457 e. The highest BCUT2D eigenvalue weighted by molar-refractivity contribution is 7.18. The number of thiophene rings is 1. The number of aromatic nitrogens is 2. The lowest BCUT2D eigenvalue weighted by Crippen LogP contribution is -1.99. The van der Waals surface area contributed by atoms with Gasteiger partial charge in [-0.25, -0.2) is 9.97 Å². The molecule has 34 heavy (non-hydrogen) atoms. The second-order valence-electron chi connectivity index (χ2n) is 8.03. The van der Waals surface area contributed by atoms with Crippen LogP contribution in [-0.2, 0) is 6.42 Å². The zero-order valence-corrected chi connectivity index (χ0v) is 19.6. The van der Waals surface area contributed by atoms with Crippen molar-refractivity contribution >= 4 is 11.3 Å². The molecule has 0 amide bonds. The predicted molar refractivity (Wildman–Crippen MR) is 137 cm³/mol. The van der Waals surface area contributed by atoms with E-state index in [-0.39, 0.29) is 0 Å². The molecular weight excluding hydrogens is 440 g/mol. The fraction of sp³-hybridized carbons (Fsp3) is 0.103. The zero-order valence-electron chi connectivity index (χ0n) is 18.8. The third-order valence-corrected chi connectivity index (χ3v) is 6.62. The molecule has 1 N–H and O–H groups in total. The van der Waals surface area contributed by atoms with Crippen LogP contribution in [0, 0.1) is 0 Å². The standard InChI is InChI=1S/C29H24N2O2S/c1-20(32)22-9-7-8-21(18-22)19-29-30-17-16-25(31-29)28-15-14-27(34-28)24-12-5-6-13-26(24)33-23-10-3-2-4-11-23/h2-18,20,32H,19H2,1H3. The van der Waals surface area contributed by atoms with E-state index in [1.807, 2.05) is 85.1 Å². The minimum absolute atomic E-state index is 0.495. The number of aliphatic hydroxyl groups is 1. The van der Waals surface area contributed by atoms with Crippen molar-refractivity contribution < 1.29 is 9.84 Å². The summed E-state index contributed by atoms with van der Waals surface area (Å²) in [4.78, 5) is 11.5. The van der Waals surface area contributed by atoms with Gasteiger partial charge in [-0.3, -0.25) is 0 Å². The summed E-state index contributed by atoms with van der Waals surface area (Å²) >= 11 is 1.68. The molecule has 168 valence electrons. The molecule has 1 atom stereocenters. The SMILES string of the molecule is CC(O)c1cccc(Cc2nccc(-c3ccc(-c4ccccc4Oc4ccccc4)s3)n2)c1. The van der Waals surface area contributed by atoms with E-state index in [0.717, 1.165) is 49.5 Å². The van der Waals surface area contributed by atoms with Crippen LogP contribution in [0.1, 0.15) is 30.0 Å². The maximum atomic E-state index is 9.87. The van der Waals surface area contributed by atoms with Crippen LogP contribution in [-0.4, -0.2) is 15.1 Å². The van der Waals surface area contributed by atoms with E-state index in [2.05, 4.69) is 23.2 Å². The van der Waals surface area contributed by atoms with Crippen molar-refractivity contribution in [1.29, 1.82) is 0 Å². The molecule has 0 spiro atoms. The third-order valence-electron chi connectivity index (χ3n) is 5.48. The molecule has 5 rings (SSSR count). The summed E-state index contributed by atoms with van der Waals surface area (Å²) < 4.78 is 6.15. The Labute approximate surface area is 203 Å². The average Bonchev–Trinajstić information content (AvgIpc) is 3.36. The van der Waals surface area contributed by atoms with E-state index < -0.39 is 6.10 Å². The van der Waals surface area contributed by atoms with Crippen LogP contribution < -0.4 is 4.74 Å². The minimum Gasteiger partial charge on any atom is -0.457 e. The molecule has 4 nitrogen and oxygen atoms in total. The lowest BCUT2D eigenvalue weighted by Gasteiger charge is -2.10. The molecule has 0 aliphatic rings. The van der Waals surface area contributed by atoms with Gasteiger partial charge in [0.25, 0.3) is 0 Å². The molecule has 0 aliphatic carbocycles. The Kier molecular flexibility index (Phi) is 6.47. The Balaban J connectivity index is 1.39. The summed E-state index contributed by atoms with van der Waals surface area (Å²) in [5.41, 5.74) is 3.92. The minimum atomic E-state index is -0.495. The molecule has 0 saturated carbocycles. The predicted octanol–water partition coefficient (Wildman–Crippen LogP) is 7.31. The summed E-state index contributed by atoms with van der Waals surface area (Å²) in [6.07, 6.45) is 1.92. The van der Waals surface area contributed by atoms with Gasteiger partial charge in [0.2, 0.25) is 0 Å². The number of ether oxygens (including phenoxy) is 1. The summed E-state index contributed by atoms with van der Waals surface area (Å²) in [6.45, 7) is 1.77. The van der Waals surface area contributed by atoms with Crippen LogP contribution in [0.3, 0.4) is 0 Å². The molecular formula is C29H24N2O2S. The maximum Gasteiger partial charge on any atom is 0.136 e. The number of nitrogens with zero attached hydrogens (tertiary/aromatic N) is 2. The summed E-state index contributed by atoms with van der Waals surface area (Å²) in [5, 5.41) is 9.87. The zero-order chi connectivity index (χ0) is 23.3. The highest BCUT2D eigenvalue weighted by Crippen LogP contribution is 2.39. The van der Waals surface area contributed by atoms with Gasteiger partial charge in [-0.05, 0) is 60.5 Å². The van der Waals surface area contributed by atoms with Crippen LogP contribution in [0.2, 0.25) is 0 Å². The van der Waals surface area contributed by atoms with Gasteiger partial charge in [-0.15, -0.1) is 11.3 Å². The number of hydrogen-bond donors (Lipinski definition) is 1. The van der Waals surface area contributed by atoms with Gasteiger partial charge in [0.05, 0.1) is 16.7 Å². The second kappa shape index (κ2) is 10.00. The molecule has 0 fully saturated rings. The number of benzene rings is 3. The van der Waals surface area contributed by atoms with Crippen LogP contribution in [0.4, 0.5) is 0 Å². The first-order valence-corrected chi connectivity index (χ1v) is 12.0. The summed E-state index contributed by atoms with van der Waals surface area (Å²) in [7, 11) is 0. The van der Waals surface area contributed by atoms with Crippen molar-refractivity contribution in [3.63, 3.8) is 0 Å². The van der Waals surface area contributed by atoms with Gasteiger partial charge in [0.15, 0.2) is 0 Å². The average molecular weight is 465 g/mol. The number of hydrogen-bond acceptors (Lipinski definition) is 5. The summed E-state index contributed by atoms with van der Waals surface area (Å²) in [6, 6.07) is 32.0. The third kappa shape index (κ3) is 5.06. The number of para-hydroxylation sites is 2. The van der Waals surface area contributed by atoms with Crippen molar-refractivity contribution in [2.24, 2.45) is 0 Å². The highest BCUT2D eigenvalue weighted by Gasteiger charge is 2.12. The molecule has 0 radical (unpaired) electrons. The van der Waals surface area contributed by atoms with Crippen molar-refractivity contribution in [2.75, 3.05) is 0 Å². The fourth-order valence-electron chi connectivity index (χ4n) is 3.76. The van der Waals surface area contributed by atoms with Crippen LogP contribution in [0.15, 0.2) is 103 Å². The van der Waals surface area contributed by atoms with Gasteiger partial charge in [-0.2, -0.15) is 0 Å². The topological polar surface area (TPSA) is 55.2 Å². The Morgan fingerprint density at radius 2 is 1.65 bits per heavy atom. The maximum absolute atomic E-state index is 9.87. The van der Waals surface area contributed by atoms with Crippen molar-refractivity contribution in [1.82, 2.24) is 9.97 Å². The van der Waals surface area contributed by atoms with Gasteiger partial charge >= 0.3 is 0 Å². The lowest BCUT2D eigenvalue weighted by molar-refractivity contribution is 0.199. The Morgan fingerprint density at radius 1 is 0.853 bits per heavy atom. The quantitative estimate of drug-likeness (QED) is 0.274. The van der Waals surface area contributed by atoms with Gasteiger partial charge in [0.1, 0.15) is 17.3 Å². The van der Waals surface area contributed by atoms with Crippen LogP contribution in [0.5, 0.6) is 11.5 Å². The van der Waals surface area contributed by atoms with E-state index >= 15 is 0 Å². The van der Waals surface area contributed by atoms with Crippen LogP contribution in [0.25, 0.3) is 21.0 Å². The van der Waals surface area contributed by atoms with Gasteiger partial charge in [0, 0.05) is 23.1 Å². The Hall–Kier alpha value is -3.80. The monoisotopic (exact) mass is 464 g/mol. The summed E-state index contributed by atoms with van der Waals surface area (Å²) in [5.74, 6) is 2.39. The fourth-order valence-corrected chi connectivity index (χ4v) is 4.77. The molecule has 1 unspecified atom stereocenters. The van der Waals surface area contributed by atoms with Crippen molar-refractivity contribution in [3.05, 3.63) is 120 Å². The van der Waals surface area contributed by atoms with E-state index in [1.54, 1.807) is 18.3 Å². The molecule has 5 aromatic rings. The van der Waals surface area contributed by atoms with E-state index in [4.69, 9.17) is 9.72 Å². The molecule has 2 aromatic heterocycles. The van der Waals surface area contributed by atoms with Crippen molar-refractivity contribution in [2.45, 2.75) is 19.4 Å². The first-order chi connectivity index (χ1) is 16.7. The first-order valence-electron chi connectivity index (χ1n) is 11.2. The van der Waals surface area contributed by atoms with E-state index in [9.17, 15) is 5.11 Å². The van der Waals surface area contributed by atoms with Crippen LogP contribution >= 0.6 is 11.3 Å². The van der Waals surface area contributed by atoms with E-state index in [1.165, 1.54) is 0 Å². The first kappa shape index (κ1) is 22.0. The molecule has 0 aliphatic heterocycles. The normalized spacial score (nSPS) is 11.8. The molecule has 3 aromatic carbocycles.